The van der Waals surface area contributed by atoms with Crippen LogP contribution in [0.5, 0.6) is 0 Å². The summed E-state index contributed by atoms with van der Waals surface area (Å²) < 4.78 is 1.80. The number of rotatable bonds is 1. The molecule has 4 nitrogen and oxygen atoms in total. The molecule has 0 aliphatic carbocycles. The molecule has 3 aromatic rings. The molecular weight excluding hydrogens is 200 g/mol. The Morgan fingerprint density at radius 2 is 1.81 bits per heavy atom. The number of benzene rings is 1. The van der Waals surface area contributed by atoms with Crippen molar-refractivity contribution in [2.45, 2.75) is 6.92 Å². The van der Waals surface area contributed by atoms with Crippen molar-refractivity contribution in [3.8, 4) is 11.3 Å². The van der Waals surface area contributed by atoms with E-state index < -0.39 is 0 Å². The Kier molecular flexibility index (Phi) is 1.93. The highest BCUT2D eigenvalue weighted by Gasteiger charge is 2.08. The maximum atomic E-state index is 4.24. The first-order valence-corrected chi connectivity index (χ1v) is 5.09. The van der Waals surface area contributed by atoms with Crippen LogP contribution < -0.4 is 0 Å². The van der Waals surface area contributed by atoms with Crippen LogP contribution in [0.2, 0.25) is 0 Å². The molecule has 0 radical (unpaired) electrons. The Balaban J connectivity index is 2.28. The second-order valence-corrected chi connectivity index (χ2v) is 3.60. The molecule has 2 aromatic heterocycles. The van der Waals surface area contributed by atoms with Crippen molar-refractivity contribution in [1.82, 2.24) is 19.8 Å². The Morgan fingerprint density at radius 1 is 1.00 bits per heavy atom. The summed E-state index contributed by atoms with van der Waals surface area (Å²) in [5.74, 6) is 0. The van der Waals surface area contributed by atoms with Crippen LogP contribution in [0.15, 0.2) is 42.6 Å². The number of aromatic nitrogens is 4. The molecule has 0 N–H and O–H groups in total. The molecule has 0 spiro atoms. The third kappa shape index (κ3) is 1.27. The van der Waals surface area contributed by atoms with Crippen molar-refractivity contribution < 1.29 is 0 Å². The van der Waals surface area contributed by atoms with Gasteiger partial charge < -0.3 is 0 Å². The van der Waals surface area contributed by atoms with Crippen molar-refractivity contribution in [3.05, 3.63) is 48.3 Å². The van der Waals surface area contributed by atoms with E-state index in [9.17, 15) is 0 Å². The van der Waals surface area contributed by atoms with Gasteiger partial charge in [0.05, 0.1) is 11.9 Å². The Labute approximate surface area is 92.6 Å². The first kappa shape index (κ1) is 9.03. The largest absolute Gasteiger partial charge is 0.216 e. The number of aryl methyl sites for hydroxylation is 1. The van der Waals surface area contributed by atoms with Gasteiger partial charge in [0.2, 0.25) is 0 Å². The van der Waals surface area contributed by atoms with Crippen LogP contribution in [0.25, 0.3) is 16.9 Å². The minimum Gasteiger partial charge on any atom is -0.216 e. The molecule has 3 rings (SSSR count). The van der Waals surface area contributed by atoms with Gasteiger partial charge in [0.15, 0.2) is 5.65 Å². The standard InChI is InChI=1S/C12H10N4/c1-9-12(10-5-3-2-4-6-10)15-14-11-7-8-13-16(9)11/h2-8H,1H3. The van der Waals surface area contributed by atoms with Gasteiger partial charge in [-0.1, -0.05) is 30.3 Å². The molecule has 0 aliphatic rings. The van der Waals surface area contributed by atoms with Gasteiger partial charge in [0.1, 0.15) is 5.69 Å². The van der Waals surface area contributed by atoms with E-state index in [1.165, 1.54) is 0 Å². The summed E-state index contributed by atoms with van der Waals surface area (Å²) in [7, 11) is 0. The first-order chi connectivity index (χ1) is 7.86. The van der Waals surface area contributed by atoms with Crippen molar-refractivity contribution in [2.75, 3.05) is 0 Å². The highest BCUT2D eigenvalue weighted by molar-refractivity contribution is 5.61. The molecular formula is C12H10N4. The molecule has 0 amide bonds. The molecule has 0 atom stereocenters. The van der Waals surface area contributed by atoms with Crippen molar-refractivity contribution in [2.24, 2.45) is 0 Å². The lowest BCUT2D eigenvalue weighted by Crippen LogP contribution is -2.01. The molecule has 1 aromatic carbocycles. The van der Waals surface area contributed by atoms with Gasteiger partial charge in [-0.15, -0.1) is 10.2 Å². The fourth-order valence-corrected chi connectivity index (χ4v) is 1.77. The van der Waals surface area contributed by atoms with E-state index in [2.05, 4.69) is 15.3 Å². The van der Waals surface area contributed by atoms with Gasteiger partial charge in [0, 0.05) is 11.6 Å². The second-order valence-electron chi connectivity index (χ2n) is 3.60. The van der Waals surface area contributed by atoms with E-state index in [4.69, 9.17) is 0 Å². The molecule has 0 saturated heterocycles. The summed E-state index contributed by atoms with van der Waals surface area (Å²) in [4.78, 5) is 0. The number of nitrogens with zero attached hydrogens (tertiary/aromatic N) is 4. The van der Waals surface area contributed by atoms with Crippen LogP contribution in [0.4, 0.5) is 0 Å². The van der Waals surface area contributed by atoms with Crippen molar-refractivity contribution >= 4 is 5.65 Å². The molecule has 78 valence electrons. The molecule has 0 bridgehead atoms. The summed E-state index contributed by atoms with van der Waals surface area (Å²) in [6.45, 7) is 2.00. The number of hydrogen-bond donors (Lipinski definition) is 0. The third-order valence-electron chi connectivity index (χ3n) is 2.58. The SMILES string of the molecule is Cc1c(-c2ccccc2)nnc2ccnn12. The topological polar surface area (TPSA) is 43.1 Å². The average Bonchev–Trinajstić information content (AvgIpc) is 2.80. The van der Waals surface area contributed by atoms with Crippen LogP contribution in [0.1, 0.15) is 5.69 Å². The Hall–Kier alpha value is -2.23. The highest BCUT2D eigenvalue weighted by atomic mass is 15.3. The third-order valence-corrected chi connectivity index (χ3v) is 2.58. The molecule has 4 heteroatoms. The van der Waals surface area contributed by atoms with Crippen LogP contribution in [0.3, 0.4) is 0 Å². The summed E-state index contributed by atoms with van der Waals surface area (Å²) in [6, 6.07) is 11.8. The van der Waals surface area contributed by atoms with E-state index in [1.54, 1.807) is 10.7 Å². The van der Waals surface area contributed by atoms with E-state index >= 15 is 0 Å². The summed E-state index contributed by atoms with van der Waals surface area (Å²) >= 11 is 0. The minimum absolute atomic E-state index is 0.775. The summed E-state index contributed by atoms with van der Waals surface area (Å²) in [5, 5.41) is 12.6. The molecule has 0 fully saturated rings. The summed E-state index contributed by atoms with van der Waals surface area (Å²) in [5.41, 5.74) is 3.71. The van der Waals surface area contributed by atoms with Crippen molar-refractivity contribution in [3.63, 3.8) is 0 Å². The van der Waals surface area contributed by atoms with Gasteiger partial charge >= 0.3 is 0 Å². The zero-order valence-electron chi connectivity index (χ0n) is 8.83. The maximum absolute atomic E-state index is 4.24. The smallest absolute Gasteiger partial charge is 0.177 e. The van der Waals surface area contributed by atoms with Crippen LogP contribution >= 0.6 is 0 Å². The predicted molar refractivity (Wildman–Crippen MR) is 61.0 cm³/mol. The molecule has 2 heterocycles. The van der Waals surface area contributed by atoms with Gasteiger partial charge in [-0.2, -0.15) is 5.10 Å². The molecule has 0 saturated carbocycles. The van der Waals surface area contributed by atoms with Crippen molar-refractivity contribution in [1.29, 1.82) is 0 Å². The summed E-state index contributed by atoms with van der Waals surface area (Å²) in [6.07, 6.45) is 1.73. The van der Waals surface area contributed by atoms with Gasteiger partial charge in [0.25, 0.3) is 0 Å². The van der Waals surface area contributed by atoms with E-state index in [1.807, 2.05) is 43.3 Å². The normalized spacial score (nSPS) is 10.8. The first-order valence-electron chi connectivity index (χ1n) is 5.09. The van der Waals surface area contributed by atoms with Gasteiger partial charge in [-0.25, -0.2) is 4.52 Å². The minimum atomic E-state index is 0.775. The quantitative estimate of drug-likeness (QED) is 0.617. The Morgan fingerprint density at radius 3 is 2.62 bits per heavy atom. The molecule has 16 heavy (non-hydrogen) atoms. The van der Waals surface area contributed by atoms with E-state index in [-0.39, 0.29) is 0 Å². The van der Waals surface area contributed by atoms with Gasteiger partial charge in [-0.3, -0.25) is 0 Å². The molecule has 0 unspecified atom stereocenters. The zero-order chi connectivity index (χ0) is 11.0. The van der Waals surface area contributed by atoms with Crippen LogP contribution in [-0.2, 0) is 0 Å². The molecule has 0 aliphatic heterocycles. The Bertz CT molecular complexity index is 628. The lowest BCUT2D eigenvalue weighted by atomic mass is 10.1. The lowest BCUT2D eigenvalue weighted by molar-refractivity contribution is 0.855. The second kappa shape index (κ2) is 3.41. The van der Waals surface area contributed by atoms with E-state index in [0.29, 0.717) is 0 Å². The zero-order valence-corrected chi connectivity index (χ0v) is 8.83. The maximum Gasteiger partial charge on any atom is 0.177 e. The fourth-order valence-electron chi connectivity index (χ4n) is 1.77. The number of hydrogen-bond acceptors (Lipinski definition) is 3. The predicted octanol–water partition coefficient (Wildman–Crippen LogP) is 2.10. The average molecular weight is 210 g/mol. The monoisotopic (exact) mass is 210 g/mol. The van der Waals surface area contributed by atoms with Crippen LogP contribution in [0, 0.1) is 6.92 Å². The lowest BCUT2D eigenvalue weighted by Gasteiger charge is -2.05. The fraction of sp³-hybridized carbons (Fsp3) is 0.0833. The highest BCUT2D eigenvalue weighted by Crippen LogP contribution is 2.19. The van der Waals surface area contributed by atoms with Crippen LogP contribution in [-0.4, -0.2) is 19.8 Å². The van der Waals surface area contributed by atoms with E-state index in [0.717, 1.165) is 22.6 Å². The number of fused-ring (bicyclic) bond motifs is 1. The van der Waals surface area contributed by atoms with Gasteiger partial charge in [-0.05, 0) is 6.92 Å².